The molecule has 0 aliphatic carbocycles. The molecule has 5 rings (SSSR count). The standard InChI is InChI=1S/C28H28Cl3N3O2/c1-32-10-12-33(13-11-32)17-22-14-19(20-2-5-24(30)25(31)16-20)3-7-27(22)36-18-28(35)34-9-8-21-15-23(29)4-6-26(21)34/h2-7,14-16H,8-13,17-18H2,1H3. The van der Waals surface area contributed by atoms with Gasteiger partial charge in [-0.2, -0.15) is 0 Å². The molecule has 8 heteroatoms. The maximum atomic E-state index is 13.1. The molecule has 1 fully saturated rings. The van der Waals surface area contributed by atoms with Gasteiger partial charge in [0.25, 0.3) is 5.91 Å². The Morgan fingerprint density at radius 3 is 2.39 bits per heavy atom. The van der Waals surface area contributed by atoms with E-state index < -0.39 is 0 Å². The molecule has 0 aromatic heterocycles. The zero-order valence-electron chi connectivity index (χ0n) is 20.1. The van der Waals surface area contributed by atoms with E-state index in [1.165, 1.54) is 0 Å². The zero-order valence-corrected chi connectivity index (χ0v) is 22.4. The van der Waals surface area contributed by atoms with Gasteiger partial charge in [-0.1, -0.05) is 46.9 Å². The van der Waals surface area contributed by atoms with Crippen LogP contribution in [0.5, 0.6) is 5.75 Å². The Morgan fingerprint density at radius 2 is 1.61 bits per heavy atom. The largest absolute Gasteiger partial charge is 0.483 e. The summed E-state index contributed by atoms with van der Waals surface area (Å²) in [5.74, 6) is 0.664. The number of rotatable bonds is 6. The third-order valence-corrected chi connectivity index (χ3v) is 7.87. The smallest absolute Gasteiger partial charge is 0.264 e. The SMILES string of the molecule is CN1CCN(Cc2cc(-c3ccc(Cl)c(Cl)c3)ccc2OCC(=O)N2CCc3cc(Cl)ccc32)CC1. The minimum absolute atomic E-state index is 0.0239. The third kappa shape index (κ3) is 5.66. The fraction of sp³-hybridized carbons (Fsp3) is 0.321. The topological polar surface area (TPSA) is 36.0 Å². The third-order valence-electron chi connectivity index (χ3n) is 6.89. The van der Waals surface area contributed by atoms with Crippen LogP contribution in [0, 0.1) is 0 Å². The summed E-state index contributed by atoms with van der Waals surface area (Å²) >= 11 is 18.5. The summed E-state index contributed by atoms with van der Waals surface area (Å²) in [4.78, 5) is 19.6. The highest BCUT2D eigenvalue weighted by molar-refractivity contribution is 6.42. The highest BCUT2D eigenvalue weighted by Gasteiger charge is 2.25. The second-order valence-electron chi connectivity index (χ2n) is 9.39. The second-order valence-corrected chi connectivity index (χ2v) is 10.6. The number of nitrogens with zero attached hydrogens (tertiary/aromatic N) is 3. The molecule has 2 aliphatic rings. The van der Waals surface area contributed by atoms with E-state index in [2.05, 4.69) is 22.9 Å². The number of halogens is 3. The number of hydrogen-bond acceptors (Lipinski definition) is 4. The van der Waals surface area contributed by atoms with Crippen molar-refractivity contribution in [2.24, 2.45) is 0 Å². The molecule has 2 heterocycles. The lowest BCUT2D eigenvalue weighted by molar-refractivity contribution is -0.120. The summed E-state index contributed by atoms with van der Waals surface area (Å²) in [5.41, 5.74) is 5.07. The Balaban J connectivity index is 1.36. The number of hydrogen-bond donors (Lipinski definition) is 0. The highest BCUT2D eigenvalue weighted by atomic mass is 35.5. The Kier molecular flexibility index (Phi) is 7.75. The van der Waals surface area contributed by atoms with Crippen LogP contribution in [-0.2, 0) is 17.8 Å². The first-order valence-electron chi connectivity index (χ1n) is 12.1. The number of benzene rings is 3. The molecule has 188 valence electrons. The molecule has 36 heavy (non-hydrogen) atoms. The number of carbonyl (C=O) groups is 1. The molecule has 0 spiro atoms. The van der Waals surface area contributed by atoms with Crippen LogP contribution in [0.15, 0.2) is 54.6 Å². The van der Waals surface area contributed by atoms with Crippen LogP contribution in [0.25, 0.3) is 11.1 Å². The van der Waals surface area contributed by atoms with Gasteiger partial charge < -0.3 is 14.5 Å². The molecule has 0 saturated carbocycles. The molecule has 1 saturated heterocycles. The number of fused-ring (bicyclic) bond motifs is 1. The van der Waals surface area contributed by atoms with Crippen molar-refractivity contribution in [1.29, 1.82) is 0 Å². The van der Waals surface area contributed by atoms with Crippen molar-refractivity contribution in [2.75, 3.05) is 51.3 Å². The van der Waals surface area contributed by atoms with Gasteiger partial charge in [0, 0.05) is 55.5 Å². The lowest BCUT2D eigenvalue weighted by Crippen LogP contribution is -2.43. The molecular formula is C28H28Cl3N3O2. The normalized spacial score (nSPS) is 16.3. The van der Waals surface area contributed by atoms with Crippen molar-refractivity contribution in [1.82, 2.24) is 9.80 Å². The second kappa shape index (κ2) is 11.0. The van der Waals surface area contributed by atoms with Gasteiger partial charge in [0.15, 0.2) is 6.61 Å². The fourth-order valence-corrected chi connectivity index (χ4v) is 5.29. The van der Waals surface area contributed by atoms with Crippen molar-refractivity contribution >= 4 is 46.4 Å². The molecule has 0 atom stereocenters. The molecular weight excluding hydrogens is 517 g/mol. The number of ether oxygens (including phenoxy) is 1. The van der Waals surface area contributed by atoms with Gasteiger partial charge in [0.05, 0.1) is 10.0 Å². The Hall–Kier alpha value is -2.28. The predicted molar refractivity (Wildman–Crippen MR) is 148 cm³/mol. The average Bonchev–Trinajstić information content (AvgIpc) is 3.29. The van der Waals surface area contributed by atoms with E-state index in [0.29, 0.717) is 21.6 Å². The van der Waals surface area contributed by atoms with Crippen LogP contribution in [-0.4, -0.2) is 62.1 Å². The van der Waals surface area contributed by atoms with Gasteiger partial charge in [-0.15, -0.1) is 0 Å². The zero-order chi connectivity index (χ0) is 25.2. The Bertz CT molecular complexity index is 1270. The molecule has 0 unspecified atom stereocenters. The van der Waals surface area contributed by atoms with E-state index in [9.17, 15) is 4.79 Å². The van der Waals surface area contributed by atoms with Crippen molar-refractivity contribution in [3.63, 3.8) is 0 Å². The molecule has 3 aromatic carbocycles. The molecule has 3 aromatic rings. The fourth-order valence-electron chi connectivity index (χ4n) is 4.79. The Morgan fingerprint density at radius 1 is 0.861 bits per heavy atom. The number of carbonyl (C=O) groups excluding carboxylic acids is 1. The lowest BCUT2D eigenvalue weighted by atomic mass is 10.0. The maximum Gasteiger partial charge on any atom is 0.264 e. The van der Waals surface area contributed by atoms with Gasteiger partial charge >= 0.3 is 0 Å². The van der Waals surface area contributed by atoms with E-state index in [0.717, 1.165) is 72.8 Å². The summed E-state index contributed by atoms with van der Waals surface area (Å²) in [6, 6.07) is 17.4. The lowest BCUT2D eigenvalue weighted by Gasteiger charge is -2.32. The number of anilines is 1. The Labute approximate surface area is 227 Å². The maximum absolute atomic E-state index is 13.1. The quantitative estimate of drug-likeness (QED) is 0.380. The molecule has 1 amide bonds. The van der Waals surface area contributed by atoms with Gasteiger partial charge in [-0.25, -0.2) is 0 Å². The molecule has 0 bridgehead atoms. The van der Waals surface area contributed by atoms with Crippen molar-refractivity contribution < 1.29 is 9.53 Å². The molecule has 0 N–H and O–H groups in total. The van der Waals surface area contributed by atoms with Crippen LogP contribution in [0.1, 0.15) is 11.1 Å². The average molecular weight is 545 g/mol. The highest BCUT2D eigenvalue weighted by Crippen LogP contribution is 2.33. The van der Waals surface area contributed by atoms with Gasteiger partial charge in [0.2, 0.25) is 0 Å². The predicted octanol–water partition coefficient (Wildman–Crippen LogP) is 6.03. The van der Waals surface area contributed by atoms with E-state index in [1.54, 1.807) is 4.90 Å². The van der Waals surface area contributed by atoms with Gasteiger partial charge in [0.1, 0.15) is 5.75 Å². The summed E-state index contributed by atoms with van der Waals surface area (Å²) in [6.07, 6.45) is 0.800. The summed E-state index contributed by atoms with van der Waals surface area (Å²) in [6.45, 7) is 5.39. The molecule has 0 radical (unpaired) electrons. The van der Waals surface area contributed by atoms with E-state index >= 15 is 0 Å². The van der Waals surface area contributed by atoms with Gasteiger partial charge in [-0.3, -0.25) is 9.69 Å². The van der Waals surface area contributed by atoms with Crippen molar-refractivity contribution in [2.45, 2.75) is 13.0 Å². The van der Waals surface area contributed by atoms with Crippen LogP contribution in [0.2, 0.25) is 15.1 Å². The van der Waals surface area contributed by atoms with Gasteiger partial charge in [-0.05, 0) is 72.6 Å². The minimum Gasteiger partial charge on any atom is -0.483 e. The van der Waals surface area contributed by atoms with Crippen molar-refractivity contribution in [3.8, 4) is 16.9 Å². The van der Waals surface area contributed by atoms with E-state index in [4.69, 9.17) is 39.5 Å². The van der Waals surface area contributed by atoms with E-state index in [-0.39, 0.29) is 12.5 Å². The molecule has 2 aliphatic heterocycles. The number of piperazine rings is 1. The summed E-state index contributed by atoms with van der Waals surface area (Å²) in [7, 11) is 2.15. The number of amides is 1. The summed E-state index contributed by atoms with van der Waals surface area (Å²) in [5, 5.41) is 1.74. The van der Waals surface area contributed by atoms with E-state index in [1.807, 2.05) is 48.5 Å². The monoisotopic (exact) mass is 543 g/mol. The van der Waals surface area contributed by atoms with Crippen LogP contribution >= 0.6 is 34.8 Å². The molecule has 5 nitrogen and oxygen atoms in total. The van der Waals surface area contributed by atoms with Crippen LogP contribution in [0.3, 0.4) is 0 Å². The first-order chi connectivity index (χ1) is 17.4. The van der Waals surface area contributed by atoms with Crippen LogP contribution < -0.4 is 9.64 Å². The summed E-state index contributed by atoms with van der Waals surface area (Å²) < 4.78 is 6.14. The first kappa shape index (κ1) is 25.4. The van der Waals surface area contributed by atoms with Crippen molar-refractivity contribution in [3.05, 3.63) is 80.8 Å². The minimum atomic E-state index is -0.0600. The van der Waals surface area contributed by atoms with Crippen LogP contribution in [0.4, 0.5) is 5.69 Å². The first-order valence-corrected chi connectivity index (χ1v) is 13.2. The number of likely N-dealkylation sites (N-methyl/N-ethyl adjacent to an activating group) is 1.